The highest BCUT2D eigenvalue weighted by Gasteiger charge is 2.12. The van der Waals surface area contributed by atoms with Crippen LogP contribution in [-0.2, 0) is 13.1 Å². The molecule has 4 nitrogen and oxygen atoms in total. The van der Waals surface area contributed by atoms with Crippen molar-refractivity contribution >= 4 is 15.9 Å². The zero-order valence-electron chi connectivity index (χ0n) is 10.9. The van der Waals surface area contributed by atoms with E-state index in [4.69, 9.17) is 4.42 Å². The molecule has 0 spiro atoms. The molecule has 0 amide bonds. The zero-order valence-corrected chi connectivity index (χ0v) is 12.5. The van der Waals surface area contributed by atoms with E-state index in [-0.39, 0.29) is 5.54 Å². The van der Waals surface area contributed by atoms with Gasteiger partial charge in [-0.1, -0.05) is 0 Å². The van der Waals surface area contributed by atoms with Crippen molar-refractivity contribution < 1.29 is 4.42 Å². The van der Waals surface area contributed by atoms with E-state index in [1.54, 1.807) is 12.5 Å². The second-order valence-corrected chi connectivity index (χ2v) is 6.24. The molecule has 2 aromatic heterocycles. The number of nitrogens with one attached hydrogen (secondary N) is 1. The SMILES string of the molecule is CC(C)(C)NCc1ccoc1Cn1cc(Br)cn1. The zero-order chi connectivity index (χ0) is 13.2. The van der Waals surface area contributed by atoms with Gasteiger partial charge in [0.25, 0.3) is 0 Å². The third-order valence-electron chi connectivity index (χ3n) is 2.55. The monoisotopic (exact) mass is 311 g/mol. The molecule has 98 valence electrons. The molecule has 1 N–H and O–H groups in total. The molecule has 2 aromatic rings. The van der Waals surface area contributed by atoms with Crippen molar-refractivity contribution in [3.63, 3.8) is 0 Å². The minimum Gasteiger partial charge on any atom is -0.467 e. The van der Waals surface area contributed by atoms with Gasteiger partial charge >= 0.3 is 0 Å². The lowest BCUT2D eigenvalue weighted by Gasteiger charge is -2.20. The van der Waals surface area contributed by atoms with Crippen LogP contribution in [0.5, 0.6) is 0 Å². The fourth-order valence-corrected chi connectivity index (χ4v) is 1.92. The topological polar surface area (TPSA) is 43.0 Å². The molecule has 0 aliphatic rings. The van der Waals surface area contributed by atoms with Gasteiger partial charge in [-0.15, -0.1) is 0 Å². The molecule has 0 saturated heterocycles. The van der Waals surface area contributed by atoms with E-state index in [1.807, 2.05) is 16.9 Å². The molecule has 0 aliphatic heterocycles. The molecule has 0 aliphatic carbocycles. The first-order valence-electron chi connectivity index (χ1n) is 5.92. The molecule has 0 fully saturated rings. The van der Waals surface area contributed by atoms with Crippen LogP contribution >= 0.6 is 15.9 Å². The van der Waals surface area contributed by atoms with E-state index >= 15 is 0 Å². The van der Waals surface area contributed by atoms with E-state index in [0.717, 1.165) is 16.8 Å². The number of hydrogen-bond acceptors (Lipinski definition) is 3. The third-order valence-corrected chi connectivity index (χ3v) is 2.96. The van der Waals surface area contributed by atoms with Crippen LogP contribution in [0.2, 0.25) is 0 Å². The van der Waals surface area contributed by atoms with E-state index in [2.05, 4.69) is 47.1 Å². The van der Waals surface area contributed by atoms with E-state index in [1.165, 1.54) is 5.56 Å². The maximum atomic E-state index is 5.53. The predicted molar refractivity (Wildman–Crippen MR) is 74.3 cm³/mol. The first-order valence-corrected chi connectivity index (χ1v) is 6.71. The quantitative estimate of drug-likeness (QED) is 0.943. The van der Waals surface area contributed by atoms with Gasteiger partial charge in [-0.2, -0.15) is 5.10 Å². The van der Waals surface area contributed by atoms with Crippen LogP contribution < -0.4 is 5.32 Å². The molecule has 0 bridgehead atoms. The molecular formula is C13H18BrN3O. The average molecular weight is 312 g/mol. The maximum absolute atomic E-state index is 5.53. The van der Waals surface area contributed by atoms with Crippen molar-refractivity contribution in [2.45, 2.75) is 39.4 Å². The largest absolute Gasteiger partial charge is 0.467 e. The molecule has 0 atom stereocenters. The number of aromatic nitrogens is 2. The molecule has 0 saturated carbocycles. The summed E-state index contributed by atoms with van der Waals surface area (Å²) in [5, 5.41) is 7.69. The van der Waals surface area contributed by atoms with Crippen molar-refractivity contribution in [1.29, 1.82) is 0 Å². The Morgan fingerprint density at radius 2 is 2.22 bits per heavy atom. The van der Waals surface area contributed by atoms with Crippen LogP contribution in [0.1, 0.15) is 32.1 Å². The molecule has 2 heterocycles. The molecule has 0 radical (unpaired) electrons. The van der Waals surface area contributed by atoms with Crippen molar-refractivity contribution in [2.24, 2.45) is 0 Å². The van der Waals surface area contributed by atoms with E-state index < -0.39 is 0 Å². The van der Waals surface area contributed by atoms with Gasteiger partial charge in [-0.3, -0.25) is 4.68 Å². The molecule has 2 rings (SSSR count). The highest BCUT2D eigenvalue weighted by molar-refractivity contribution is 9.10. The summed E-state index contributed by atoms with van der Waals surface area (Å²) in [5.74, 6) is 0.947. The smallest absolute Gasteiger partial charge is 0.129 e. The summed E-state index contributed by atoms with van der Waals surface area (Å²) in [5.41, 5.74) is 1.28. The summed E-state index contributed by atoms with van der Waals surface area (Å²) in [6.45, 7) is 7.91. The van der Waals surface area contributed by atoms with Gasteiger partial charge < -0.3 is 9.73 Å². The second kappa shape index (κ2) is 5.28. The minimum absolute atomic E-state index is 0.100. The van der Waals surface area contributed by atoms with Gasteiger partial charge in [0.15, 0.2) is 0 Å². The summed E-state index contributed by atoms with van der Waals surface area (Å²) < 4.78 is 8.35. The van der Waals surface area contributed by atoms with Crippen molar-refractivity contribution in [2.75, 3.05) is 0 Å². The Bertz CT molecular complexity index is 510. The maximum Gasteiger partial charge on any atom is 0.129 e. The van der Waals surface area contributed by atoms with Crippen LogP contribution in [0.4, 0.5) is 0 Å². The molecule has 5 heteroatoms. The summed E-state index contributed by atoms with van der Waals surface area (Å²) >= 11 is 3.39. The molecule has 0 aromatic carbocycles. The number of hydrogen-bond donors (Lipinski definition) is 1. The molecule has 18 heavy (non-hydrogen) atoms. The predicted octanol–water partition coefficient (Wildman–Crippen LogP) is 3.18. The Balaban J connectivity index is 2.03. The van der Waals surface area contributed by atoms with Gasteiger partial charge in [0.05, 0.1) is 23.5 Å². The van der Waals surface area contributed by atoms with Gasteiger partial charge in [0.2, 0.25) is 0 Å². The highest BCUT2D eigenvalue weighted by atomic mass is 79.9. The van der Waals surface area contributed by atoms with Crippen LogP contribution in [0.3, 0.4) is 0 Å². The lowest BCUT2D eigenvalue weighted by molar-refractivity contribution is 0.416. The Hall–Kier alpha value is -1.07. The Labute approximate surface area is 115 Å². The number of halogens is 1. The van der Waals surface area contributed by atoms with Crippen LogP contribution in [0, 0.1) is 0 Å². The summed E-state index contributed by atoms with van der Waals surface area (Å²) in [6, 6.07) is 2.01. The first kappa shape index (κ1) is 13.4. The first-order chi connectivity index (χ1) is 8.44. The third kappa shape index (κ3) is 3.71. The van der Waals surface area contributed by atoms with Crippen molar-refractivity contribution in [3.8, 4) is 0 Å². The Kier molecular flexibility index (Phi) is 3.92. The number of nitrogens with zero attached hydrogens (tertiary/aromatic N) is 2. The lowest BCUT2D eigenvalue weighted by atomic mass is 10.1. The van der Waals surface area contributed by atoms with Crippen LogP contribution in [-0.4, -0.2) is 15.3 Å². The normalized spacial score (nSPS) is 12.0. The van der Waals surface area contributed by atoms with Gasteiger partial charge in [0, 0.05) is 23.8 Å². The Morgan fingerprint density at radius 3 is 2.83 bits per heavy atom. The van der Waals surface area contributed by atoms with Crippen molar-refractivity contribution in [1.82, 2.24) is 15.1 Å². The van der Waals surface area contributed by atoms with Gasteiger partial charge in [0.1, 0.15) is 5.76 Å². The van der Waals surface area contributed by atoms with Gasteiger partial charge in [-0.05, 0) is 42.8 Å². The number of furan rings is 1. The molecule has 0 unspecified atom stereocenters. The standard InChI is InChI=1S/C13H18BrN3O/c1-13(2,3)15-6-10-4-5-18-12(10)9-17-8-11(14)7-16-17/h4-5,7-8,15H,6,9H2,1-3H3. The highest BCUT2D eigenvalue weighted by Crippen LogP contribution is 2.15. The van der Waals surface area contributed by atoms with E-state index in [9.17, 15) is 0 Å². The average Bonchev–Trinajstić information content (AvgIpc) is 2.85. The van der Waals surface area contributed by atoms with Crippen LogP contribution in [0.25, 0.3) is 0 Å². The molecular weight excluding hydrogens is 294 g/mol. The summed E-state index contributed by atoms with van der Waals surface area (Å²) in [6.07, 6.45) is 5.44. The lowest BCUT2D eigenvalue weighted by Crippen LogP contribution is -2.35. The summed E-state index contributed by atoms with van der Waals surface area (Å²) in [4.78, 5) is 0. The van der Waals surface area contributed by atoms with Crippen LogP contribution in [0.15, 0.2) is 33.6 Å². The van der Waals surface area contributed by atoms with Crippen molar-refractivity contribution in [3.05, 3.63) is 40.5 Å². The van der Waals surface area contributed by atoms with Gasteiger partial charge in [-0.25, -0.2) is 0 Å². The minimum atomic E-state index is 0.100. The van der Waals surface area contributed by atoms with E-state index in [0.29, 0.717) is 6.54 Å². The fourth-order valence-electron chi connectivity index (χ4n) is 1.60. The number of rotatable bonds is 4. The second-order valence-electron chi connectivity index (χ2n) is 5.33. The fraction of sp³-hybridized carbons (Fsp3) is 0.462. The summed E-state index contributed by atoms with van der Waals surface area (Å²) in [7, 11) is 0. The Morgan fingerprint density at radius 1 is 1.44 bits per heavy atom.